The van der Waals surface area contributed by atoms with Crippen LogP contribution in [0.4, 0.5) is 5.69 Å². The van der Waals surface area contributed by atoms with Gasteiger partial charge in [-0.2, -0.15) is 4.90 Å². The minimum absolute atomic E-state index is 0.515. The summed E-state index contributed by atoms with van der Waals surface area (Å²) < 4.78 is 10.0. The molecule has 1 atom stereocenters. The van der Waals surface area contributed by atoms with E-state index in [1.807, 2.05) is 29.8 Å². The third kappa shape index (κ3) is 3.37. The molecule has 0 saturated heterocycles. The van der Waals surface area contributed by atoms with E-state index in [2.05, 4.69) is 154 Å². The van der Waals surface area contributed by atoms with Crippen LogP contribution in [0.1, 0.15) is 22.3 Å². The van der Waals surface area contributed by atoms with Crippen LogP contribution in [0, 0.1) is 0 Å². The molecule has 0 amide bonds. The van der Waals surface area contributed by atoms with Gasteiger partial charge >= 0.3 is 5.84 Å². The Hall–Kier alpha value is -6.39. The highest BCUT2D eigenvalue weighted by molar-refractivity contribution is 7.26. The second kappa shape index (κ2) is 9.86. The number of nitrogens with one attached hydrogen (secondary N) is 1. The average molecular weight is 670 g/mol. The molecule has 4 aliphatic rings. The first-order valence-electron chi connectivity index (χ1n) is 17.5. The standard InChI is InChI=1S/C46H29N4S/c1-4-15-35-30(12-1)33-25-28(49(42-20-10-24-48-42)29-11-9-23-47-27-29)21-22-36(33)46(35)37-16-5-7-18-40(37)50-39-17-6-2-14-32(39)43-44(50)38(46)26-34-31-13-3-8-19-41(31)51-45(34)43/h1-26,47H,27H2/q+1. The van der Waals surface area contributed by atoms with E-state index in [1.165, 1.54) is 81.0 Å². The summed E-state index contributed by atoms with van der Waals surface area (Å²) in [6, 6.07) is 45.8. The number of allylic oxidation sites excluding steroid dienone is 3. The Bertz CT molecular complexity index is 3030. The number of amidine groups is 1. The van der Waals surface area contributed by atoms with Crippen molar-refractivity contribution in [1.82, 2.24) is 14.6 Å². The van der Waals surface area contributed by atoms with Crippen molar-refractivity contribution < 1.29 is 0 Å². The van der Waals surface area contributed by atoms with E-state index in [0.717, 1.165) is 23.8 Å². The second-order valence-electron chi connectivity index (χ2n) is 13.7. The zero-order chi connectivity index (χ0) is 33.3. The maximum atomic E-state index is 4.77. The molecule has 51 heavy (non-hydrogen) atoms. The molecule has 0 radical (unpaired) electrons. The minimum atomic E-state index is -0.515. The summed E-state index contributed by atoms with van der Waals surface area (Å²) in [5, 5.41) is 8.73. The largest absolute Gasteiger partial charge is 0.383 e. The van der Waals surface area contributed by atoms with E-state index in [4.69, 9.17) is 4.67 Å². The van der Waals surface area contributed by atoms with Crippen molar-refractivity contribution in [3.63, 3.8) is 0 Å². The molecule has 2 aromatic heterocycles. The van der Waals surface area contributed by atoms with Gasteiger partial charge in [-0.3, -0.25) is 0 Å². The van der Waals surface area contributed by atoms with Crippen LogP contribution in [0.2, 0.25) is 0 Å². The number of nitrogens with zero attached hydrogens (tertiary/aromatic N) is 3. The van der Waals surface area contributed by atoms with Gasteiger partial charge in [0.15, 0.2) is 6.21 Å². The average Bonchev–Trinajstić information content (AvgIpc) is 3.98. The van der Waals surface area contributed by atoms with E-state index < -0.39 is 5.41 Å². The molecular formula is C46H29N4S+. The molecule has 1 aliphatic carbocycles. The van der Waals surface area contributed by atoms with Crippen LogP contribution in [0.5, 0.6) is 0 Å². The van der Waals surface area contributed by atoms with Crippen molar-refractivity contribution >= 4 is 71.1 Å². The summed E-state index contributed by atoms with van der Waals surface area (Å²) in [6.45, 7) is 0.728. The third-order valence-corrected chi connectivity index (χ3v) is 12.6. The molecule has 5 heterocycles. The Morgan fingerprint density at radius 3 is 2.39 bits per heavy atom. The number of rotatable bonds is 2. The summed E-state index contributed by atoms with van der Waals surface area (Å²) in [7, 11) is 0. The highest BCUT2D eigenvalue weighted by Crippen LogP contribution is 2.62. The monoisotopic (exact) mass is 669 g/mol. The molecule has 238 valence electrons. The van der Waals surface area contributed by atoms with Crippen molar-refractivity contribution in [2.75, 3.05) is 11.4 Å². The third-order valence-electron chi connectivity index (χ3n) is 11.4. The van der Waals surface area contributed by atoms with Gasteiger partial charge in [0.2, 0.25) is 0 Å². The van der Waals surface area contributed by atoms with Gasteiger partial charge in [-0.1, -0.05) is 84.9 Å². The molecule has 3 aliphatic heterocycles. The number of anilines is 1. The number of para-hydroxylation sites is 2. The van der Waals surface area contributed by atoms with E-state index in [0.29, 0.717) is 0 Å². The van der Waals surface area contributed by atoms with Crippen molar-refractivity contribution in [3.8, 4) is 16.8 Å². The van der Waals surface area contributed by atoms with Gasteiger partial charge in [0, 0.05) is 37.0 Å². The fourth-order valence-electron chi connectivity index (χ4n) is 9.46. The predicted molar refractivity (Wildman–Crippen MR) is 215 cm³/mol. The highest BCUT2D eigenvalue weighted by Gasteiger charge is 2.51. The summed E-state index contributed by atoms with van der Waals surface area (Å²) in [5.74, 6) is 0.920. The molecule has 0 fully saturated rings. The lowest BCUT2D eigenvalue weighted by Gasteiger charge is -2.39. The fourth-order valence-corrected chi connectivity index (χ4v) is 10.7. The summed E-state index contributed by atoms with van der Waals surface area (Å²) in [6.07, 6.45) is 12.2. The van der Waals surface area contributed by atoms with Gasteiger partial charge in [-0.15, -0.1) is 11.3 Å². The molecule has 4 nitrogen and oxygen atoms in total. The van der Waals surface area contributed by atoms with Gasteiger partial charge in [0.1, 0.15) is 11.4 Å². The normalized spacial score (nSPS) is 17.6. The Morgan fingerprint density at radius 1 is 0.706 bits per heavy atom. The number of dihydropyridines is 1. The zero-order valence-electron chi connectivity index (χ0n) is 27.5. The topological polar surface area (TPSA) is 34.3 Å². The van der Waals surface area contributed by atoms with E-state index >= 15 is 0 Å². The SMILES string of the molecule is C1=CNCC(N(C2=[N+]=CC=C2)c2ccc3c(c2)-c2ccccc2C32c3ccccc3-n3c4ccccc4c4c5sc6ccccc6c5cc2c43)=C1. The molecule has 8 aromatic rings. The van der Waals surface area contributed by atoms with Gasteiger partial charge < -0.3 is 9.88 Å². The number of hydrogen-bond acceptors (Lipinski definition) is 3. The second-order valence-corrected chi connectivity index (χ2v) is 14.8. The zero-order valence-corrected chi connectivity index (χ0v) is 28.3. The van der Waals surface area contributed by atoms with Crippen LogP contribution in [0.15, 0.2) is 158 Å². The van der Waals surface area contributed by atoms with Crippen molar-refractivity contribution in [3.05, 3.63) is 180 Å². The van der Waals surface area contributed by atoms with E-state index in [-0.39, 0.29) is 0 Å². The van der Waals surface area contributed by atoms with Gasteiger partial charge in [-0.25, -0.2) is 4.67 Å². The number of hydrogen-bond donors (Lipinski definition) is 1. The molecular weight excluding hydrogens is 641 g/mol. The maximum absolute atomic E-state index is 4.77. The lowest BCUT2D eigenvalue weighted by atomic mass is 9.65. The molecule has 1 unspecified atom stereocenters. The van der Waals surface area contributed by atoms with Crippen LogP contribution >= 0.6 is 11.3 Å². The summed E-state index contributed by atoms with van der Waals surface area (Å²) in [4.78, 5) is 2.29. The first-order chi connectivity index (χ1) is 25.3. The molecule has 1 N–H and O–H groups in total. The number of benzene rings is 6. The Kier molecular flexibility index (Phi) is 5.30. The van der Waals surface area contributed by atoms with Crippen molar-refractivity contribution in [1.29, 1.82) is 0 Å². The van der Waals surface area contributed by atoms with Crippen LogP contribution in [0.3, 0.4) is 0 Å². The minimum Gasteiger partial charge on any atom is -0.383 e. The van der Waals surface area contributed by atoms with Crippen LogP contribution < -0.4 is 14.9 Å². The number of aromatic nitrogens is 1. The molecule has 0 bridgehead atoms. The smallest absolute Gasteiger partial charge is 0.379 e. The Labute approximate surface area is 297 Å². The molecule has 0 saturated carbocycles. The van der Waals surface area contributed by atoms with Gasteiger partial charge in [-0.05, 0) is 88.1 Å². The summed E-state index contributed by atoms with van der Waals surface area (Å²) >= 11 is 1.92. The molecule has 12 rings (SSSR count). The van der Waals surface area contributed by atoms with Crippen molar-refractivity contribution in [2.24, 2.45) is 0 Å². The Morgan fingerprint density at radius 2 is 1.51 bits per heavy atom. The number of fused-ring (bicyclic) bond motifs is 16. The van der Waals surface area contributed by atoms with E-state index in [9.17, 15) is 0 Å². The molecule has 6 aromatic carbocycles. The van der Waals surface area contributed by atoms with Crippen LogP contribution in [0.25, 0.3) is 58.8 Å². The van der Waals surface area contributed by atoms with Crippen LogP contribution in [-0.4, -0.2) is 23.2 Å². The first kappa shape index (κ1) is 27.4. The molecule has 1 spiro atoms. The lowest BCUT2D eigenvalue weighted by Crippen LogP contribution is -2.35. The maximum Gasteiger partial charge on any atom is 0.379 e. The fraction of sp³-hybridized carbons (Fsp3) is 0.0435. The van der Waals surface area contributed by atoms with E-state index in [1.54, 1.807) is 0 Å². The van der Waals surface area contributed by atoms with Crippen molar-refractivity contribution in [2.45, 2.75) is 5.41 Å². The van der Waals surface area contributed by atoms with Gasteiger partial charge in [0.05, 0.1) is 34.8 Å². The predicted octanol–water partition coefficient (Wildman–Crippen LogP) is 9.74. The molecule has 5 heteroatoms. The van der Waals surface area contributed by atoms with Gasteiger partial charge in [0.25, 0.3) is 0 Å². The highest BCUT2D eigenvalue weighted by atomic mass is 32.1. The Balaban J connectivity index is 1.25. The number of thiophene rings is 1. The summed E-state index contributed by atoms with van der Waals surface area (Å²) in [5.41, 5.74) is 13.4. The first-order valence-corrected chi connectivity index (χ1v) is 18.3. The lowest BCUT2D eigenvalue weighted by molar-refractivity contribution is 0.750. The quantitative estimate of drug-likeness (QED) is 0.186. The van der Waals surface area contributed by atoms with Crippen LogP contribution in [-0.2, 0) is 5.41 Å².